The van der Waals surface area contributed by atoms with Crippen LogP contribution in [0, 0.1) is 0 Å². The molecule has 1 aliphatic heterocycles. The molecule has 5 N–H and O–H groups in total. The number of ether oxygens (including phenoxy) is 1. The second-order valence-electron chi connectivity index (χ2n) is 3.70. The quantitative estimate of drug-likeness (QED) is 0.494. The van der Waals surface area contributed by atoms with Crippen LogP contribution in [0.3, 0.4) is 0 Å². The van der Waals surface area contributed by atoms with Gasteiger partial charge in [-0.2, -0.15) is 4.98 Å². The Bertz CT molecular complexity index is 457. The fourth-order valence-electron chi connectivity index (χ4n) is 1.72. The largest absolute Gasteiger partial charge is 0.377 e. The van der Waals surface area contributed by atoms with E-state index in [2.05, 4.69) is 31.3 Å². The summed E-state index contributed by atoms with van der Waals surface area (Å²) in [5.74, 6) is 5.64. The lowest BCUT2D eigenvalue weighted by Crippen LogP contribution is -2.53. The number of nitrogens with one attached hydrogen (secondary N) is 1. The molecule has 2 rings (SSSR count). The molecule has 0 spiro atoms. The van der Waals surface area contributed by atoms with Crippen LogP contribution in [0.1, 0.15) is 0 Å². The van der Waals surface area contributed by atoms with E-state index in [1.807, 2.05) is 0 Å². The Balaban J connectivity index is 2.35. The third-order valence-corrected chi connectivity index (χ3v) is 3.14. The highest BCUT2D eigenvalue weighted by Gasteiger charge is 2.30. The number of hydrogen-bond acceptors (Lipinski definition) is 7. The van der Waals surface area contributed by atoms with Gasteiger partial charge >= 0.3 is 0 Å². The predicted molar refractivity (Wildman–Crippen MR) is 68.7 cm³/mol. The van der Waals surface area contributed by atoms with Gasteiger partial charge in [-0.25, -0.2) is 10.8 Å². The van der Waals surface area contributed by atoms with E-state index in [-0.39, 0.29) is 12.6 Å². The molecule has 1 aromatic rings. The molecule has 18 heavy (non-hydrogen) atoms. The number of nitrogen functional groups attached to an aromatic ring is 1. The number of halogens is 1. The number of amides is 1. The molecular formula is C9H13BrN6O2. The fourth-order valence-corrected chi connectivity index (χ4v) is 2.14. The first kappa shape index (κ1) is 13.0. The highest BCUT2D eigenvalue weighted by atomic mass is 79.9. The first-order valence-corrected chi connectivity index (χ1v) is 6.05. The minimum Gasteiger partial charge on any atom is -0.377 e. The molecule has 1 unspecified atom stereocenters. The van der Waals surface area contributed by atoms with Crippen LogP contribution in [0.15, 0.2) is 10.7 Å². The van der Waals surface area contributed by atoms with Crippen LogP contribution < -0.4 is 21.9 Å². The maximum atomic E-state index is 11.4. The van der Waals surface area contributed by atoms with Crippen molar-refractivity contribution < 1.29 is 9.53 Å². The van der Waals surface area contributed by atoms with E-state index in [4.69, 9.17) is 16.3 Å². The van der Waals surface area contributed by atoms with Crippen LogP contribution in [-0.2, 0) is 9.53 Å². The predicted octanol–water partition coefficient (Wildman–Crippen LogP) is -0.785. The lowest BCUT2D eigenvalue weighted by Gasteiger charge is -2.34. The van der Waals surface area contributed by atoms with E-state index in [0.717, 1.165) is 0 Å². The van der Waals surface area contributed by atoms with Crippen molar-refractivity contribution in [1.29, 1.82) is 0 Å². The van der Waals surface area contributed by atoms with E-state index in [0.29, 0.717) is 23.4 Å². The van der Waals surface area contributed by atoms with Crippen molar-refractivity contribution in [2.45, 2.75) is 6.04 Å². The number of nitrogens with zero attached hydrogens (tertiary/aromatic N) is 3. The number of hydrazine groups is 1. The molecule has 0 radical (unpaired) electrons. The van der Waals surface area contributed by atoms with Gasteiger partial charge in [-0.1, -0.05) is 0 Å². The van der Waals surface area contributed by atoms with E-state index < -0.39 is 11.9 Å². The molecule has 9 heteroatoms. The van der Waals surface area contributed by atoms with E-state index in [9.17, 15) is 4.79 Å². The minimum absolute atomic E-state index is 0.247. The Kier molecular flexibility index (Phi) is 3.94. The summed E-state index contributed by atoms with van der Waals surface area (Å²) < 4.78 is 5.91. The van der Waals surface area contributed by atoms with Crippen molar-refractivity contribution in [2.24, 2.45) is 11.6 Å². The Morgan fingerprint density at radius 1 is 1.67 bits per heavy atom. The SMILES string of the molecule is NNc1ncc(Br)c(N2CCOCC2C(N)=O)n1. The van der Waals surface area contributed by atoms with Gasteiger partial charge in [0.1, 0.15) is 11.9 Å². The maximum absolute atomic E-state index is 11.4. The second-order valence-corrected chi connectivity index (χ2v) is 4.55. The number of morpholine rings is 1. The normalized spacial score (nSPS) is 19.7. The third kappa shape index (κ3) is 2.52. The van der Waals surface area contributed by atoms with Crippen LogP contribution in [0.2, 0.25) is 0 Å². The zero-order chi connectivity index (χ0) is 13.1. The van der Waals surface area contributed by atoms with Crippen molar-refractivity contribution in [3.63, 3.8) is 0 Å². The molecule has 1 amide bonds. The van der Waals surface area contributed by atoms with Gasteiger partial charge in [0, 0.05) is 12.7 Å². The zero-order valence-corrected chi connectivity index (χ0v) is 11.1. The first-order chi connectivity index (χ1) is 8.63. The molecule has 1 aromatic heterocycles. The summed E-state index contributed by atoms with van der Waals surface area (Å²) in [6, 6.07) is -0.546. The summed E-state index contributed by atoms with van der Waals surface area (Å²) in [5.41, 5.74) is 7.72. The summed E-state index contributed by atoms with van der Waals surface area (Å²) in [7, 11) is 0. The smallest absolute Gasteiger partial charge is 0.242 e. The Morgan fingerprint density at radius 2 is 2.44 bits per heavy atom. The number of nitrogens with two attached hydrogens (primary N) is 2. The summed E-state index contributed by atoms with van der Waals surface area (Å²) in [4.78, 5) is 21.4. The topological polar surface area (TPSA) is 119 Å². The van der Waals surface area contributed by atoms with Crippen LogP contribution in [0.4, 0.5) is 11.8 Å². The van der Waals surface area contributed by atoms with Crippen LogP contribution >= 0.6 is 15.9 Å². The average Bonchev–Trinajstić information content (AvgIpc) is 2.39. The number of aromatic nitrogens is 2. The zero-order valence-electron chi connectivity index (χ0n) is 9.47. The minimum atomic E-state index is -0.546. The molecule has 0 aliphatic carbocycles. The summed E-state index contributed by atoms with van der Waals surface area (Å²) in [6.45, 7) is 1.27. The number of hydrogen-bond donors (Lipinski definition) is 3. The molecular weight excluding hydrogens is 304 g/mol. The van der Waals surface area contributed by atoms with Crippen molar-refractivity contribution in [2.75, 3.05) is 30.1 Å². The van der Waals surface area contributed by atoms with E-state index in [1.165, 1.54) is 0 Å². The van der Waals surface area contributed by atoms with Gasteiger partial charge in [-0.15, -0.1) is 0 Å². The summed E-state index contributed by atoms with van der Waals surface area (Å²) >= 11 is 3.34. The van der Waals surface area contributed by atoms with Crippen molar-refractivity contribution in [1.82, 2.24) is 9.97 Å². The molecule has 0 aromatic carbocycles. The van der Waals surface area contributed by atoms with Gasteiger partial charge in [0.2, 0.25) is 11.9 Å². The van der Waals surface area contributed by atoms with Crippen molar-refractivity contribution >= 4 is 33.6 Å². The molecule has 1 atom stereocenters. The molecule has 1 fully saturated rings. The van der Waals surface area contributed by atoms with Gasteiger partial charge in [0.05, 0.1) is 17.7 Å². The lowest BCUT2D eigenvalue weighted by atomic mass is 10.2. The summed E-state index contributed by atoms with van der Waals surface area (Å²) in [6.07, 6.45) is 1.56. The Morgan fingerprint density at radius 3 is 3.11 bits per heavy atom. The molecule has 0 bridgehead atoms. The first-order valence-electron chi connectivity index (χ1n) is 5.26. The third-order valence-electron chi connectivity index (χ3n) is 2.58. The van der Waals surface area contributed by atoms with Gasteiger partial charge in [-0.05, 0) is 15.9 Å². The van der Waals surface area contributed by atoms with Crippen LogP contribution in [0.5, 0.6) is 0 Å². The monoisotopic (exact) mass is 316 g/mol. The number of primary amides is 1. The van der Waals surface area contributed by atoms with Gasteiger partial charge in [0.15, 0.2) is 0 Å². The highest BCUT2D eigenvalue weighted by Crippen LogP contribution is 2.27. The molecule has 8 nitrogen and oxygen atoms in total. The Labute approximate surface area is 112 Å². The van der Waals surface area contributed by atoms with Crippen molar-refractivity contribution in [3.8, 4) is 0 Å². The highest BCUT2D eigenvalue weighted by molar-refractivity contribution is 9.10. The number of carbonyl (C=O) groups excluding carboxylic acids is 1. The molecule has 2 heterocycles. The van der Waals surface area contributed by atoms with Gasteiger partial charge < -0.3 is 15.4 Å². The molecule has 1 aliphatic rings. The van der Waals surface area contributed by atoms with Gasteiger partial charge in [-0.3, -0.25) is 10.2 Å². The standard InChI is InChI=1S/C9H13BrN6O2/c10-5-3-13-9(15-12)14-8(5)16-1-2-18-4-6(16)7(11)17/h3,6H,1-2,4,12H2,(H2,11,17)(H,13,14,15). The number of anilines is 2. The Hall–Kier alpha value is -1.45. The fraction of sp³-hybridized carbons (Fsp3) is 0.444. The van der Waals surface area contributed by atoms with Crippen LogP contribution in [0.25, 0.3) is 0 Å². The molecule has 1 saturated heterocycles. The average molecular weight is 317 g/mol. The lowest BCUT2D eigenvalue weighted by molar-refractivity contribution is -0.121. The second kappa shape index (κ2) is 5.46. The van der Waals surface area contributed by atoms with Crippen molar-refractivity contribution in [3.05, 3.63) is 10.7 Å². The van der Waals surface area contributed by atoms with Gasteiger partial charge in [0.25, 0.3) is 0 Å². The summed E-state index contributed by atoms with van der Waals surface area (Å²) in [5, 5.41) is 0. The van der Waals surface area contributed by atoms with Crippen LogP contribution in [-0.4, -0.2) is 41.7 Å². The molecule has 0 saturated carbocycles. The maximum Gasteiger partial charge on any atom is 0.242 e. The van der Waals surface area contributed by atoms with E-state index in [1.54, 1.807) is 11.1 Å². The number of rotatable bonds is 3. The molecule has 98 valence electrons. The number of carbonyl (C=O) groups is 1. The van der Waals surface area contributed by atoms with E-state index >= 15 is 0 Å².